The van der Waals surface area contributed by atoms with Crippen molar-refractivity contribution >= 4 is 23.2 Å². The van der Waals surface area contributed by atoms with Crippen molar-refractivity contribution in [2.75, 3.05) is 0 Å². The van der Waals surface area contributed by atoms with E-state index in [1.807, 2.05) is 12.1 Å². The van der Waals surface area contributed by atoms with Crippen molar-refractivity contribution in [1.29, 1.82) is 0 Å². The molecule has 0 radical (unpaired) electrons. The van der Waals surface area contributed by atoms with E-state index in [-0.39, 0.29) is 12.8 Å². The molecule has 4 bridgehead atoms. The van der Waals surface area contributed by atoms with Crippen LogP contribution >= 0.6 is 23.2 Å². The van der Waals surface area contributed by atoms with Gasteiger partial charge in [0.2, 0.25) is 0 Å². The van der Waals surface area contributed by atoms with Gasteiger partial charge in [0, 0.05) is 15.5 Å². The lowest BCUT2D eigenvalue weighted by molar-refractivity contribution is -0.0399. The van der Waals surface area contributed by atoms with E-state index in [1.54, 1.807) is 0 Å². The van der Waals surface area contributed by atoms with Crippen molar-refractivity contribution in [3.8, 4) is 11.1 Å². The number of hydrogen-bond acceptors (Lipinski definition) is 0. The molecule has 2 aromatic carbocycles. The van der Waals surface area contributed by atoms with Crippen LogP contribution in [-0.2, 0) is 5.41 Å². The van der Waals surface area contributed by atoms with Crippen LogP contribution in [0.3, 0.4) is 0 Å². The maximum Gasteiger partial charge on any atom is 0.0409 e. The Morgan fingerprint density at radius 2 is 1.12 bits per heavy atom. The average Bonchev–Trinajstić information content (AvgIpc) is 2.81. The van der Waals surface area contributed by atoms with Crippen LogP contribution < -0.4 is 0 Å². The molecule has 4 saturated carbocycles. The molecule has 0 heterocycles. The highest BCUT2D eigenvalue weighted by atomic mass is 35.5. The van der Waals surface area contributed by atoms with Crippen LogP contribution in [-0.4, -0.2) is 0 Å². The molecule has 0 atom stereocenters. The first-order chi connectivity index (χ1) is 11.7. The Morgan fingerprint density at radius 1 is 0.680 bits per heavy atom. The second-order valence-corrected chi connectivity index (χ2v) is 9.43. The third kappa shape index (κ3) is 1.91. The van der Waals surface area contributed by atoms with Gasteiger partial charge in [-0.25, -0.2) is 0 Å². The quantitative estimate of drug-likeness (QED) is 0.454. The van der Waals surface area contributed by atoms with Gasteiger partial charge in [-0.1, -0.05) is 42.8 Å². The molecule has 0 nitrogen and oxygen atoms in total. The summed E-state index contributed by atoms with van der Waals surface area (Å²) in [5.41, 5.74) is 5.98. The molecule has 130 valence electrons. The molecule has 0 aromatic heterocycles. The fourth-order valence-corrected chi connectivity index (χ4v) is 7.48. The van der Waals surface area contributed by atoms with Gasteiger partial charge < -0.3 is 0 Å². The van der Waals surface area contributed by atoms with E-state index in [9.17, 15) is 0 Å². The zero-order valence-electron chi connectivity index (χ0n) is 13.6. The van der Waals surface area contributed by atoms with E-state index in [2.05, 4.69) is 24.3 Å². The van der Waals surface area contributed by atoms with Crippen LogP contribution in [0.15, 0.2) is 36.4 Å². The first kappa shape index (κ1) is 16.2. The lowest BCUT2D eigenvalue weighted by Crippen LogP contribution is -2.55. The Kier molecular flexibility index (Phi) is 3.42. The topological polar surface area (TPSA) is 0 Å². The summed E-state index contributed by atoms with van der Waals surface area (Å²) in [6, 6.07) is 13.1. The summed E-state index contributed by atoms with van der Waals surface area (Å²) < 4.78 is 0. The summed E-state index contributed by atoms with van der Waals surface area (Å²) in [5.74, 6) is 3.46. The van der Waals surface area contributed by atoms with Crippen molar-refractivity contribution in [2.24, 2.45) is 23.7 Å². The minimum Gasteiger partial charge on any atom is -0.0843 e. The first-order valence-electron chi connectivity index (χ1n) is 9.26. The van der Waals surface area contributed by atoms with E-state index < -0.39 is 0 Å². The van der Waals surface area contributed by atoms with Crippen molar-refractivity contribution in [1.82, 2.24) is 0 Å². The van der Waals surface area contributed by atoms with Gasteiger partial charge in [-0.3, -0.25) is 0 Å². The molecule has 0 N–H and O–H groups in total. The first-order valence-corrected chi connectivity index (χ1v) is 10.0. The SMILES string of the molecule is C.Clc1ccc2c(c1)C1(c3cc(Cl)ccc3-2)C2CC3CC(C2)CC1C3. The molecule has 5 aliphatic rings. The van der Waals surface area contributed by atoms with Crippen molar-refractivity contribution in [3.05, 3.63) is 57.6 Å². The summed E-state index contributed by atoms with van der Waals surface area (Å²) in [7, 11) is 0. The molecule has 5 aliphatic carbocycles. The van der Waals surface area contributed by atoms with Gasteiger partial charge in [-0.05, 0) is 102 Å². The van der Waals surface area contributed by atoms with E-state index in [4.69, 9.17) is 23.2 Å². The predicted octanol–water partition coefficient (Wildman–Crippen LogP) is 7.35. The summed E-state index contributed by atoms with van der Waals surface area (Å²) in [4.78, 5) is 0. The van der Waals surface area contributed by atoms with Gasteiger partial charge >= 0.3 is 0 Å². The highest BCUT2D eigenvalue weighted by Crippen LogP contribution is 2.69. The van der Waals surface area contributed by atoms with Crippen molar-refractivity contribution in [2.45, 2.75) is 44.9 Å². The van der Waals surface area contributed by atoms with Gasteiger partial charge in [0.1, 0.15) is 0 Å². The summed E-state index contributed by atoms with van der Waals surface area (Å²) in [6.45, 7) is 0. The van der Waals surface area contributed by atoms with Crippen LogP contribution in [0.5, 0.6) is 0 Å². The van der Waals surface area contributed by atoms with Crippen LogP contribution in [0.2, 0.25) is 10.0 Å². The van der Waals surface area contributed by atoms with E-state index >= 15 is 0 Å². The molecule has 2 aromatic rings. The smallest absolute Gasteiger partial charge is 0.0409 e. The minimum atomic E-state index is 0. The second-order valence-electron chi connectivity index (χ2n) is 8.55. The predicted molar refractivity (Wildman–Crippen MR) is 106 cm³/mol. The van der Waals surface area contributed by atoms with Crippen LogP contribution in [0.4, 0.5) is 0 Å². The Labute approximate surface area is 160 Å². The van der Waals surface area contributed by atoms with Crippen LogP contribution in [0, 0.1) is 23.7 Å². The Bertz CT molecular complexity index is 785. The van der Waals surface area contributed by atoms with E-state index in [0.29, 0.717) is 0 Å². The summed E-state index contributed by atoms with van der Waals surface area (Å²) >= 11 is 12.9. The lowest BCUT2D eigenvalue weighted by atomic mass is 9.43. The largest absolute Gasteiger partial charge is 0.0843 e. The van der Waals surface area contributed by atoms with Gasteiger partial charge in [-0.15, -0.1) is 0 Å². The highest BCUT2D eigenvalue weighted by molar-refractivity contribution is 6.31. The molecule has 25 heavy (non-hydrogen) atoms. The standard InChI is InChI=1S/C22H20Cl2.CH4/c23-16-1-3-18-19-4-2-17(24)11-21(19)22(20(18)10-16)14-6-12-5-13(8-14)9-15(22)7-12;/h1-4,10-15H,5-9H2;1H4. The lowest BCUT2D eigenvalue weighted by Gasteiger charge is -2.61. The third-order valence-corrected chi connectivity index (χ3v) is 8.04. The van der Waals surface area contributed by atoms with E-state index in [1.165, 1.54) is 54.4 Å². The molecule has 0 unspecified atom stereocenters. The number of benzene rings is 2. The maximum atomic E-state index is 6.47. The zero-order chi connectivity index (χ0) is 16.1. The van der Waals surface area contributed by atoms with Crippen molar-refractivity contribution in [3.63, 3.8) is 0 Å². The normalized spacial score (nSPS) is 32.4. The molecule has 1 spiro atoms. The Balaban J connectivity index is 0.00000140. The number of hydrogen-bond donors (Lipinski definition) is 0. The second kappa shape index (κ2) is 5.27. The van der Waals surface area contributed by atoms with Crippen LogP contribution in [0.1, 0.15) is 50.7 Å². The highest BCUT2D eigenvalue weighted by Gasteiger charge is 2.61. The monoisotopic (exact) mass is 370 g/mol. The zero-order valence-corrected chi connectivity index (χ0v) is 15.1. The van der Waals surface area contributed by atoms with E-state index in [0.717, 1.165) is 33.7 Å². The minimum absolute atomic E-state index is 0. The summed E-state index contributed by atoms with van der Waals surface area (Å²) in [5, 5.41) is 1.75. The molecular formula is C23H24Cl2. The third-order valence-electron chi connectivity index (χ3n) is 7.57. The number of rotatable bonds is 0. The van der Waals surface area contributed by atoms with Gasteiger partial charge in [0.05, 0.1) is 0 Å². The fourth-order valence-electron chi connectivity index (χ4n) is 7.14. The number of fused-ring (bicyclic) bond motifs is 3. The maximum absolute atomic E-state index is 6.47. The molecule has 2 heteroatoms. The Morgan fingerprint density at radius 3 is 1.56 bits per heavy atom. The molecule has 7 rings (SSSR count). The average molecular weight is 371 g/mol. The van der Waals surface area contributed by atoms with Gasteiger partial charge in [-0.2, -0.15) is 0 Å². The van der Waals surface area contributed by atoms with Crippen LogP contribution in [0.25, 0.3) is 11.1 Å². The van der Waals surface area contributed by atoms with Gasteiger partial charge in [0.15, 0.2) is 0 Å². The molecule has 0 amide bonds. The summed E-state index contributed by atoms with van der Waals surface area (Å²) in [6.07, 6.45) is 7.06. The number of halogens is 2. The Hall–Kier alpha value is -0.980. The van der Waals surface area contributed by atoms with Crippen molar-refractivity contribution < 1.29 is 0 Å². The fraction of sp³-hybridized carbons (Fsp3) is 0.478. The molecular weight excluding hydrogens is 347 g/mol. The van der Waals surface area contributed by atoms with Gasteiger partial charge in [0.25, 0.3) is 0 Å². The molecule has 0 aliphatic heterocycles. The molecule has 4 fully saturated rings. The molecule has 0 saturated heterocycles.